The number of benzene rings is 4. The number of amides is 2. The summed E-state index contributed by atoms with van der Waals surface area (Å²) < 4.78 is 38.7. The summed E-state index contributed by atoms with van der Waals surface area (Å²) in [5.74, 6) is -1.83. The minimum Gasteiger partial charge on any atom is -0.493 e. The van der Waals surface area contributed by atoms with Crippen molar-refractivity contribution in [2.24, 2.45) is 0 Å². The Hall–Kier alpha value is -6.92. The first-order valence-electron chi connectivity index (χ1n) is 21.2. The summed E-state index contributed by atoms with van der Waals surface area (Å²) in [5, 5.41) is 14.0. The summed E-state index contributed by atoms with van der Waals surface area (Å²) in [4.78, 5) is 73.2. The van der Waals surface area contributed by atoms with Crippen molar-refractivity contribution in [3.05, 3.63) is 135 Å². The SMILES string of the molecule is C=CC(=O)OCCNC(=O)OC(COc1ccccc1-c1ccccc1)CSCC(=O)OCCC(SC[C@H](CCOc1ccccc1-c1ccccc1)OC(=O)NCCOC(=O)C=C)C(=O)O. The molecule has 0 fully saturated rings. The van der Waals surface area contributed by atoms with E-state index in [4.69, 9.17) is 33.2 Å². The number of rotatable bonds is 30. The standard InChI is InChI=1S/C49H54N2O14S2/c1-3-44(52)61-29-25-50-48(57)64-37(23-27-59-41-21-13-11-19-39(41)35-15-7-5-8-16-35)33-67-43(47(55)56)24-28-60-46(54)34-66-32-38(65-49(58)51-26-30-62-45(53)4-2)31-63-42-22-14-12-20-40(42)36-17-9-6-10-18-36/h3-22,37-38,43H,1-2,23-34H2,(H,50,57)(H,51,58)(H,55,56)/t37-,38?,43?/m0/s1. The van der Waals surface area contributed by atoms with E-state index in [1.807, 2.05) is 103 Å². The molecule has 4 aromatic rings. The lowest BCUT2D eigenvalue weighted by Crippen LogP contribution is -2.35. The van der Waals surface area contributed by atoms with Crippen LogP contribution in [0.2, 0.25) is 0 Å². The maximum Gasteiger partial charge on any atom is 0.407 e. The van der Waals surface area contributed by atoms with E-state index in [1.54, 1.807) is 6.07 Å². The van der Waals surface area contributed by atoms with E-state index in [2.05, 4.69) is 23.8 Å². The van der Waals surface area contributed by atoms with Gasteiger partial charge in [0.05, 0.1) is 32.1 Å². The molecule has 67 heavy (non-hydrogen) atoms. The van der Waals surface area contributed by atoms with E-state index >= 15 is 0 Å². The topological polar surface area (TPSA) is 211 Å². The fourth-order valence-electron chi connectivity index (χ4n) is 5.88. The van der Waals surface area contributed by atoms with Gasteiger partial charge in [-0.15, -0.1) is 23.5 Å². The minimum absolute atomic E-state index is 0.0177. The maximum atomic E-state index is 12.8. The summed E-state index contributed by atoms with van der Waals surface area (Å²) in [6.45, 7) is 6.24. The Balaban J connectivity index is 1.29. The van der Waals surface area contributed by atoms with Gasteiger partial charge in [-0.25, -0.2) is 19.2 Å². The summed E-state index contributed by atoms with van der Waals surface area (Å²) in [5.41, 5.74) is 3.57. The highest BCUT2D eigenvalue weighted by Crippen LogP contribution is 2.31. The van der Waals surface area contributed by atoms with Crippen LogP contribution in [-0.2, 0) is 42.9 Å². The van der Waals surface area contributed by atoms with Gasteiger partial charge in [0.2, 0.25) is 0 Å². The van der Waals surface area contributed by atoms with Crippen LogP contribution in [0.3, 0.4) is 0 Å². The number of carbonyl (C=O) groups excluding carboxylic acids is 5. The van der Waals surface area contributed by atoms with Gasteiger partial charge in [0, 0.05) is 47.6 Å². The molecule has 0 aliphatic carbocycles. The number of esters is 3. The molecule has 0 saturated carbocycles. The molecule has 3 atom stereocenters. The summed E-state index contributed by atoms with van der Waals surface area (Å²) >= 11 is 2.14. The van der Waals surface area contributed by atoms with E-state index in [1.165, 1.54) is 0 Å². The zero-order valence-corrected chi connectivity index (χ0v) is 38.4. The molecule has 0 saturated heterocycles. The Morgan fingerprint density at radius 1 is 0.582 bits per heavy atom. The Kier molecular flexibility index (Phi) is 23.8. The van der Waals surface area contributed by atoms with Crippen LogP contribution in [0.5, 0.6) is 11.5 Å². The molecule has 0 aliphatic rings. The van der Waals surface area contributed by atoms with Crippen LogP contribution in [0.15, 0.2) is 135 Å². The Morgan fingerprint density at radius 2 is 1.09 bits per heavy atom. The molecule has 2 amide bonds. The second kappa shape index (κ2) is 30.3. The van der Waals surface area contributed by atoms with Crippen molar-refractivity contribution in [1.29, 1.82) is 0 Å². The minimum atomic E-state index is -1.15. The molecule has 0 bridgehead atoms. The Bertz CT molecular complexity index is 2210. The summed E-state index contributed by atoms with van der Waals surface area (Å²) in [6, 6.07) is 34.2. The van der Waals surface area contributed by atoms with E-state index < -0.39 is 53.5 Å². The highest BCUT2D eigenvalue weighted by atomic mass is 32.2. The first-order valence-corrected chi connectivity index (χ1v) is 23.4. The number of hydrogen-bond acceptors (Lipinski definition) is 15. The number of para-hydroxylation sites is 2. The molecule has 0 spiro atoms. The van der Waals surface area contributed by atoms with Gasteiger partial charge in [0.15, 0.2) is 0 Å². The lowest BCUT2D eigenvalue weighted by Gasteiger charge is -2.21. The number of ether oxygens (including phenoxy) is 7. The fourth-order valence-corrected chi connectivity index (χ4v) is 7.77. The molecular weight excluding hydrogens is 905 g/mol. The molecule has 16 nitrogen and oxygen atoms in total. The lowest BCUT2D eigenvalue weighted by molar-refractivity contribution is -0.142. The fraction of sp³-hybridized carbons (Fsp3) is 0.306. The van der Waals surface area contributed by atoms with Gasteiger partial charge in [-0.3, -0.25) is 9.59 Å². The molecule has 18 heteroatoms. The Labute approximate surface area is 397 Å². The van der Waals surface area contributed by atoms with Gasteiger partial charge in [0.25, 0.3) is 0 Å². The smallest absolute Gasteiger partial charge is 0.407 e. The molecule has 0 radical (unpaired) electrons. The molecule has 0 aliphatic heterocycles. The number of carbonyl (C=O) groups is 6. The second-order valence-electron chi connectivity index (χ2n) is 14.0. The first-order chi connectivity index (χ1) is 32.6. The van der Waals surface area contributed by atoms with Crippen LogP contribution < -0.4 is 20.1 Å². The van der Waals surface area contributed by atoms with Gasteiger partial charge in [-0.05, 0) is 23.3 Å². The summed E-state index contributed by atoms with van der Waals surface area (Å²) in [6.07, 6.45) is -1.06. The average Bonchev–Trinajstić information content (AvgIpc) is 3.34. The van der Waals surface area contributed by atoms with Gasteiger partial charge in [-0.1, -0.05) is 110 Å². The molecule has 356 valence electrons. The normalized spacial score (nSPS) is 11.9. The molecule has 0 aromatic heterocycles. The molecule has 0 heterocycles. The quantitative estimate of drug-likeness (QED) is 0.0202. The van der Waals surface area contributed by atoms with E-state index in [-0.39, 0.29) is 76.2 Å². The molecule has 3 N–H and O–H groups in total. The summed E-state index contributed by atoms with van der Waals surface area (Å²) in [7, 11) is 0. The number of aliphatic carboxylic acids is 1. The van der Waals surface area contributed by atoms with Crippen LogP contribution in [0.25, 0.3) is 22.3 Å². The highest BCUT2D eigenvalue weighted by molar-refractivity contribution is 8.00. The van der Waals surface area contributed by atoms with Crippen LogP contribution in [0.1, 0.15) is 12.8 Å². The largest absolute Gasteiger partial charge is 0.493 e. The number of carboxylic acid groups (broad SMARTS) is 1. The number of thioether (sulfide) groups is 2. The number of alkyl carbamates (subject to hydrolysis) is 2. The second-order valence-corrected chi connectivity index (χ2v) is 16.3. The van der Waals surface area contributed by atoms with Crippen LogP contribution in [-0.4, -0.2) is 122 Å². The van der Waals surface area contributed by atoms with E-state index in [9.17, 15) is 33.9 Å². The van der Waals surface area contributed by atoms with Crippen molar-refractivity contribution in [2.75, 3.05) is 63.4 Å². The monoisotopic (exact) mass is 958 g/mol. The first kappa shape index (κ1) is 52.7. The van der Waals surface area contributed by atoms with Crippen molar-refractivity contribution < 1.29 is 67.0 Å². The van der Waals surface area contributed by atoms with Crippen molar-refractivity contribution >= 4 is 59.6 Å². The Morgan fingerprint density at radius 3 is 1.63 bits per heavy atom. The average molecular weight is 959 g/mol. The highest BCUT2D eigenvalue weighted by Gasteiger charge is 2.24. The van der Waals surface area contributed by atoms with E-state index in [0.717, 1.165) is 57.9 Å². The number of nitrogens with one attached hydrogen (secondary N) is 2. The number of carboxylic acids is 1. The predicted molar refractivity (Wildman–Crippen MR) is 255 cm³/mol. The van der Waals surface area contributed by atoms with Crippen LogP contribution in [0.4, 0.5) is 9.59 Å². The third-order valence-corrected chi connectivity index (χ3v) is 11.6. The maximum absolute atomic E-state index is 12.8. The molecule has 4 aromatic carbocycles. The van der Waals surface area contributed by atoms with Gasteiger partial charge in [-0.2, -0.15) is 0 Å². The lowest BCUT2D eigenvalue weighted by atomic mass is 10.1. The van der Waals surface area contributed by atoms with Crippen molar-refractivity contribution in [2.45, 2.75) is 30.3 Å². The predicted octanol–water partition coefficient (Wildman–Crippen LogP) is 7.37. The molecule has 4 rings (SSSR count). The van der Waals surface area contributed by atoms with Crippen molar-refractivity contribution in [1.82, 2.24) is 10.6 Å². The van der Waals surface area contributed by atoms with Crippen molar-refractivity contribution in [3.8, 4) is 33.8 Å². The van der Waals surface area contributed by atoms with Gasteiger partial charge >= 0.3 is 36.1 Å². The zero-order chi connectivity index (χ0) is 48.1. The van der Waals surface area contributed by atoms with Crippen molar-refractivity contribution in [3.63, 3.8) is 0 Å². The van der Waals surface area contributed by atoms with Gasteiger partial charge in [0.1, 0.15) is 48.8 Å². The van der Waals surface area contributed by atoms with Crippen LogP contribution >= 0.6 is 23.5 Å². The third-order valence-electron chi connectivity index (χ3n) is 9.10. The van der Waals surface area contributed by atoms with Crippen LogP contribution in [0, 0.1) is 0 Å². The third kappa shape index (κ3) is 20.4. The number of hydrogen-bond donors (Lipinski definition) is 3. The molecule has 2 unspecified atom stereocenters. The molecular formula is C49H54N2O14S2. The van der Waals surface area contributed by atoms with Gasteiger partial charge < -0.3 is 48.9 Å². The van der Waals surface area contributed by atoms with E-state index in [0.29, 0.717) is 11.5 Å². The zero-order valence-electron chi connectivity index (χ0n) is 36.7.